The van der Waals surface area contributed by atoms with E-state index in [-0.39, 0.29) is 30.9 Å². The van der Waals surface area contributed by atoms with E-state index in [1.54, 1.807) is 49.0 Å². The van der Waals surface area contributed by atoms with Crippen molar-refractivity contribution in [3.63, 3.8) is 0 Å². The number of nitrogens with zero attached hydrogens (tertiary/aromatic N) is 2. The Morgan fingerprint density at radius 3 is 1.95 bits per heavy atom. The predicted molar refractivity (Wildman–Crippen MR) is 238 cm³/mol. The average Bonchev–Trinajstić information content (AvgIpc) is 3.60. The first-order valence-electron chi connectivity index (χ1n) is 19.9. The number of ether oxygens (including phenoxy) is 6. The summed E-state index contributed by atoms with van der Waals surface area (Å²) < 4.78 is 55.6. The first-order valence-corrected chi connectivity index (χ1v) is 23.5. The van der Waals surface area contributed by atoms with Crippen LogP contribution in [-0.4, -0.2) is 103 Å². The van der Waals surface area contributed by atoms with E-state index in [0.29, 0.717) is 23.9 Å². The van der Waals surface area contributed by atoms with Gasteiger partial charge >= 0.3 is 5.69 Å². The van der Waals surface area contributed by atoms with Crippen molar-refractivity contribution >= 4 is 30.1 Å². The molecule has 1 N–H and O–H groups in total. The molecule has 16 heteroatoms. The molecule has 60 heavy (non-hydrogen) atoms. The molecule has 6 rings (SSSR count). The van der Waals surface area contributed by atoms with Gasteiger partial charge in [0.2, 0.25) is 0 Å². The smallest absolute Gasteiger partial charge is 0.330 e. The van der Waals surface area contributed by atoms with Gasteiger partial charge in [-0.2, -0.15) is 0 Å². The minimum absolute atomic E-state index is 0.0282. The monoisotopic (exact) mass is 881 g/mol. The summed E-state index contributed by atoms with van der Waals surface area (Å²) in [6, 6.07) is 26.9. The Bertz CT molecular complexity index is 2020. The molecule has 324 valence electrons. The van der Waals surface area contributed by atoms with Crippen LogP contribution in [0.3, 0.4) is 0 Å². The molecule has 3 aromatic carbocycles. The standard InChI is InChI=1S/C44H56N3O10PS2/c1-9-25-53-37-27-59-60-28-38(37)56-58(47(29(2)3)30(4)5)57-40-36(55-42(41(40)52-8)46-24-23-39(48)45-43(46)49)26-54-44(31-13-11-10-12-14-31,32-15-19-34(50-6)20-16-32)33-17-21-35(51-7)22-18-33/h9-24,29-30,36-38,40-42H,1,25-28H2,2-8H3,(H,45,48,49)/t36-,37-,38+,40-,41-,42-,58?/m1/s1. The number of aromatic nitrogens is 2. The van der Waals surface area contributed by atoms with Crippen LogP contribution in [0.1, 0.15) is 50.6 Å². The lowest BCUT2D eigenvalue weighted by molar-refractivity contribution is -0.0962. The van der Waals surface area contributed by atoms with Gasteiger partial charge in [0.25, 0.3) is 14.1 Å². The van der Waals surface area contributed by atoms with E-state index < -0.39 is 49.9 Å². The highest BCUT2D eigenvalue weighted by Gasteiger charge is 2.52. The van der Waals surface area contributed by atoms with Gasteiger partial charge in [-0.15, -0.1) is 6.58 Å². The number of rotatable bonds is 20. The molecular weight excluding hydrogens is 826 g/mol. The van der Waals surface area contributed by atoms with Crippen LogP contribution < -0.4 is 20.7 Å². The molecule has 2 saturated heterocycles. The van der Waals surface area contributed by atoms with Gasteiger partial charge in [0.15, 0.2) is 6.23 Å². The van der Waals surface area contributed by atoms with Gasteiger partial charge < -0.3 is 37.5 Å². The lowest BCUT2D eigenvalue weighted by Gasteiger charge is -2.41. The molecule has 0 bridgehead atoms. The predicted octanol–water partition coefficient (Wildman–Crippen LogP) is 7.56. The van der Waals surface area contributed by atoms with Gasteiger partial charge in [-0.25, -0.2) is 9.46 Å². The van der Waals surface area contributed by atoms with Crippen LogP contribution in [0.5, 0.6) is 11.5 Å². The van der Waals surface area contributed by atoms with Crippen LogP contribution in [0.15, 0.2) is 113 Å². The molecule has 3 heterocycles. The molecule has 13 nitrogen and oxygen atoms in total. The van der Waals surface area contributed by atoms with E-state index in [1.165, 1.54) is 16.8 Å². The molecule has 0 amide bonds. The summed E-state index contributed by atoms with van der Waals surface area (Å²) in [5.74, 6) is 2.83. The maximum absolute atomic E-state index is 13.4. The zero-order chi connectivity index (χ0) is 42.8. The van der Waals surface area contributed by atoms with Crippen molar-refractivity contribution < 1.29 is 37.5 Å². The Kier molecular flexibility index (Phi) is 16.5. The molecule has 2 fully saturated rings. The minimum Gasteiger partial charge on any atom is -0.497 e. The molecular formula is C44H56N3O10PS2. The maximum atomic E-state index is 13.4. The van der Waals surface area contributed by atoms with Crippen LogP contribution in [0, 0.1) is 0 Å². The molecule has 0 saturated carbocycles. The summed E-state index contributed by atoms with van der Waals surface area (Å²) in [6.07, 6.45) is -0.807. The number of aromatic amines is 1. The number of hydrogen-bond donors (Lipinski definition) is 1. The third-order valence-electron chi connectivity index (χ3n) is 10.4. The van der Waals surface area contributed by atoms with Gasteiger partial charge in [-0.05, 0) is 68.7 Å². The Labute approximate surface area is 361 Å². The number of benzene rings is 3. The highest BCUT2D eigenvalue weighted by atomic mass is 33.1. The molecule has 1 unspecified atom stereocenters. The molecule has 7 atom stereocenters. The van der Waals surface area contributed by atoms with Gasteiger partial charge in [-0.1, -0.05) is 82.3 Å². The van der Waals surface area contributed by atoms with Crippen molar-refractivity contribution in [1.29, 1.82) is 0 Å². The Balaban J connectivity index is 1.46. The Morgan fingerprint density at radius 1 is 0.833 bits per heavy atom. The second-order valence-electron chi connectivity index (χ2n) is 14.8. The first-order chi connectivity index (χ1) is 29.0. The van der Waals surface area contributed by atoms with E-state index in [0.717, 1.165) is 22.4 Å². The zero-order valence-electron chi connectivity index (χ0n) is 35.1. The maximum Gasteiger partial charge on any atom is 0.330 e. The van der Waals surface area contributed by atoms with Crippen molar-refractivity contribution in [3.05, 3.63) is 141 Å². The highest BCUT2D eigenvalue weighted by Crippen LogP contribution is 2.53. The summed E-state index contributed by atoms with van der Waals surface area (Å²) in [4.78, 5) is 28.0. The largest absolute Gasteiger partial charge is 0.497 e. The first kappa shape index (κ1) is 46.0. The van der Waals surface area contributed by atoms with E-state index in [1.807, 2.05) is 78.9 Å². The Morgan fingerprint density at radius 2 is 1.42 bits per heavy atom. The van der Waals surface area contributed by atoms with E-state index >= 15 is 0 Å². The summed E-state index contributed by atoms with van der Waals surface area (Å²) in [6.45, 7) is 12.7. The van der Waals surface area contributed by atoms with E-state index in [2.05, 4.69) is 43.9 Å². The Hall–Kier alpha value is -3.47. The third-order valence-corrected chi connectivity index (χ3v) is 15.0. The number of H-pyrrole nitrogens is 1. The van der Waals surface area contributed by atoms with Crippen molar-refractivity contribution in [1.82, 2.24) is 14.2 Å². The molecule has 2 aliphatic heterocycles. The molecule has 1 aromatic heterocycles. The van der Waals surface area contributed by atoms with E-state index in [9.17, 15) is 9.59 Å². The minimum atomic E-state index is -1.80. The van der Waals surface area contributed by atoms with Crippen molar-refractivity contribution in [2.75, 3.05) is 46.0 Å². The summed E-state index contributed by atoms with van der Waals surface area (Å²) in [7, 11) is 6.51. The van der Waals surface area contributed by atoms with Crippen molar-refractivity contribution in [2.45, 2.75) is 82.1 Å². The zero-order valence-corrected chi connectivity index (χ0v) is 37.7. The van der Waals surface area contributed by atoms with Crippen LogP contribution in [0.4, 0.5) is 0 Å². The normalized spacial score (nSPS) is 22.6. The summed E-state index contributed by atoms with van der Waals surface area (Å²) >= 11 is 0. The van der Waals surface area contributed by atoms with Crippen LogP contribution in [0.2, 0.25) is 0 Å². The summed E-state index contributed by atoms with van der Waals surface area (Å²) in [5.41, 5.74) is 0.179. The lowest BCUT2D eigenvalue weighted by Crippen LogP contribution is -2.44. The van der Waals surface area contributed by atoms with Crippen LogP contribution in [0.25, 0.3) is 0 Å². The quantitative estimate of drug-likeness (QED) is 0.0406. The second kappa shape index (κ2) is 21.6. The highest BCUT2D eigenvalue weighted by molar-refractivity contribution is 8.76. The SMILES string of the molecule is C=CCO[C@@H]1CSSC[C@@H]1OP(O[C@H]1[C@@H](OC)[C@H](n2ccc(=O)[nH]c2=O)O[C@@H]1COC(c1ccccc1)(c1ccc(OC)cc1)c1ccc(OC)cc1)N(C(C)C)C(C)C. The molecule has 0 spiro atoms. The van der Waals surface area contributed by atoms with Crippen molar-refractivity contribution in [2.24, 2.45) is 0 Å². The molecule has 0 aliphatic carbocycles. The van der Waals surface area contributed by atoms with Gasteiger partial charge in [0, 0.05) is 43.0 Å². The number of hydrogen-bond acceptors (Lipinski definition) is 13. The fourth-order valence-corrected chi connectivity index (χ4v) is 12.0. The number of nitrogens with one attached hydrogen (secondary N) is 1. The van der Waals surface area contributed by atoms with Crippen LogP contribution >= 0.6 is 30.1 Å². The fourth-order valence-electron chi connectivity index (χ4n) is 7.57. The lowest BCUT2D eigenvalue weighted by atomic mass is 9.80. The van der Waals surface area contributed by atoms with Crippen LogP contribution in [-0.2, 0) is 33.6 Å². The molecule has 2 aliphatic rings. The fraction of sp³-hybridized carbons (Fsp3) is 0.455. The third kappa shape index (κ3) is 10.4. The molecule has 0 radical (unpaired) electrons. The number of methoxy groups -OCH3 is 3. The second-order valence-corrected chi connectivity index (χ2v) is 18.8. The topological polar surface area (TPSA) is 132 Å². The molecule has 4 aromatic rings. The van der Waals surface area contributed by atoms with Gasteiger partial charge in [-0.3, -0.25) is 14.3 Å². The average molecular weight is 882 g/mol. The van der Waals surface area contributed by atoms with Gasteiger partial charge in [0.1, 0.15) is 41.5 Å². The van der Waals surface area contributed by atoms with E-state index in [4.69, 9.17) is 37.5 Å². The van der Waals surface area contributed by atoms with Gasteiger partial charge in [0.05, 0.1) is 33.5 Å². The summed E-state index contributed by atoms with van der Waals surface area (Å²) in [5, 5.41) is 0. The van der Waals surface area contributed by atoms with Crippen molar-refractivity contribution in [3.8, 4) is 11.5 Å².